The van der Waals surface area contributed by atoms with Gasteiger partial charge in [-0.3, -0.25) is 4.68 Å². The molecule has 0 aromatic carbocycles. The van der Waals surface area contributed by atoms with Gasteiger partial charge in [-0.1, -0.05) is 0 Å². The summed E-state index contributed by atoms with van der Waals surface area (Å²) in [5.41, 5.74) is 4.50. The lowest BCUT2D eigenvalue weighted by molar-refractivity contribution is 0.660. The van der Waals surface area contributed by atoms with E-state index in [1.165, 1.54) is 24.1 Å². The molecule has 0 aliphatic heterocycles. The number of rotatable bonds is 2. The van der Waals surface area contributed by atoms with Gasteiger partial charge in [0.2, 0.25) is 0 Å². The fourth-order valence-electron chi connectivity index (χ4n) is 2.67. The van der Waals surface area contributed by atoms with E-state index in [0.717, 1.165) is 35.9 Å². The molecule has 2 aromatic rings. The van der Waals surface area contributed by atoms with E-state index in [1.54, 1.807) is 0 Å². The Morgan fingerprint density at radius 2 is 1.95 bits per heavy atom. The van der Waals surface area contributed by atoms with Crippen LogP contribution in [-0.2, 0) is 19.9 Å². The minimum atomic E-state index is 0.838. The van der Waals surface area contributed by atoms with Gasteiger partial charge in [0.15, 0.2) is 0 Å². The topological polar surface area (TPSA) is 55.6 Å². The highest BCUT2D eigenvalue weighted by molar-refractivity contribution is 5.61. The van der Waals surface area contributed by atoms with Gasteiger partial charge in [0, 0.05) is 24.5 Å². The molecule has 0 spiro atoms. The first-order valence-electron chi connectivity index (χ1n) is 6.77. The Labute approximate surface area is 113 Å². The summed E-state index contributed by atoms with van der Waals surface area (Å²) in [7, 11) is 1.93. The van der Waals surface area contributed by atoms with Gasteiger partial charge < -0.3 is 5.32 Å². The second kappa shape index (κ2) is 4.64. The maximum atomic E-state index is 4.57. The van der Waals surface area contributed by atoms with Crippen molar-refractivity contribution in [2.24, 2.45) is 7.05 Å². The molecule has 3 rings (SSSR count). The van der Waals surface area contributed by atoms with E-state index < -0.39 is 0 Å². The largest absolute Gasteiger partial charge is 0.337 e. The molecule has 0 bridgehead atoms. The first-order valence-corrected chi connectivity index (χ1v) is 6.77. The van der Waals surface area contributed by atoms with E-state index in [-0.39, 0.29) is 0 Å². The summed E-state index contributed by atoms with van der Waals surface area (Å²) in [6.07, 6.45) is 6.58. The molecule has 0 fully saturated rings. The summed E-state index contributed by atoms with van der Waals surface area (Å²) >= 11 is 0. The van der Waals surface area contributed by atoms with Crippen LogP contribution in [0.15, 0.2) is 6.20 Å². The van der Waals surface area contributed by atoms with Crippen LogP contribution in [0.2, 0.25) is 0 Å². The van der Waals surface area contributed by atoms with Crippen molar-refractivity contribution in [2.45, 2.75) is 39.5 Å². The van der Waals surface area contributed by atoms with Crippen molar-refractivity contribution in [1.82, 2.24) is 19.7 Å². The quantitative estimate of drug-likeness (QED) is 0.897. The summed E-state index contributed by atoms with van der Waals surface area (Å²) in [6.45, 7) is 3.96. The zero-order chi connectivity index (χ0) is 13.4. The number of fused-ring (bicyclic) bond motifs is 1. The zero-order valence-corrected chi connectivity index (χ0v) is 11.7. The maximum absolute atomic E-state index is 4.57. The van der Waals surface area contributed by atoms with E-state index in [0.29, 0.717) is 0 Å². The second-order valence-corrected chi connectivity index (χ2v) is 5.18. The van der Waals surface area contributed by atoms with Crippen molar-refractivity contribution in [2.75, 3.05) is 5.32 Å². The van der Waals surface area contributed by atoms with E-state index in [1.807, 2.05) is 31.8 Å². The first kappa shape index (κ1) is 12.1. The maximum Gasteiger partial charge on any atom is 0.137 e. The number of anilines is 2. The Balaban J connectivity index is 2.00. The molecule has 0 radical (unpaired) electrons. The molecule has 0 saturated carbocycles. The zero-order valence-electron chi connectivity index (χ0n) is 11.7. The van der Waals surface area contributed by atoms with Gasteiger partial charge in [-0.25, -0.2) is 9.97 Å². The van der Waals surface area contributed by atoms with E-state index in [2.05, 4.69) is 20.4 Å². The Hall–Kier alpha value is -1.91. The van der Waals surface area contributed by atoms with Crippen LogP contribution < -0.4 is 5.32 Å². The minimum absolute atomic E-state index is 0.838. The molecule has 5 nitrogen and oxygen atoms in total. The van der Waals surface area contributed by atoms with Crippen molar-refractivity contribution in [3.05, 3.63) is 29.0 Å². The molecular formula is C14H19N5. The smallest absolute Gasteiger partial charge is 0.137 e. The molecule has 100 valence electrons. The molecule has 0 unspecified atom stereocenters. The van der Waals surface area contributed by atoms with Crippen LogP contribution in [0, 0.1) is 13.8 Å². The van der Waals surface area contributed by atoms with Gasteiger partial charge in [0.1, 0.15) is 11.6 Å². The molecule has 2 heterocycles. The molecular weight excluding hydrogens is 238 g/mol. The molecule has 1 N–H and O–H groups in total. The van der Waals surface area contributed by atoms with Gasteiger partial charge in [-0.2, -0.15) is 5.10 Å². The molecule has 2 aromatic heterocycles. The van der Waals surface area contributed by atoms with Gasteiger partial charge in [0.05, 0.1) is 11.4 Å². The highest BCUT2D eigenvalue weighted by Crippen LogP contribution is 2.28. The number of hydrogen-bond donors (Lipinski definition) is 1. The third-order valence-corrected chi connectivity index (χ3v) is 3.56. The van der Waals surface area contributed by atoms with Crippen LogP contribution in [0.25, 0.3) is 0 Å². The number of aromatic nitrogens is 4. The first-order chi connectivity index (χ1) is 9.13. The lowest BCUT2D eigenvalue weighted by atomic mass is 9.96. The second-order valence-electron chi connectivity index (χ2n) is 5.18. The van der Waals surface area contributed by atoms with Crippen LogP contribution in [0.1, 0.15) is 35.6 Å². The third-order valence-electron chi connectivity index (χ3n) is 3.56. The minimum Gasteiger partial charge on any atom is -0.337 e. The number of aryl methyl sites for hydroxylation is 4. The Kier molecular flexibility index (Phi) is 2.97. The Morgan fingerprint density at radius 3 is 2.68 bits per heavy atom. The highest BCUT2D eigenvalue weighted by Gasteiger charge is 2.17. The molecule has 19 heavy (non-hydrogen) atoms. The summed E-state index contributed by atoms with van der Waals surface area (Å²) in [4.78, 5) is 9.14. The van der Waals surface area contributed by atoms with Crippen molar-refractivity contribution in [3.8, 4) is 0 Å². The number of nitrogens with one attached hydrogen (secondary N) is 1. The van der Waals surface area contributed by atoms with E-state index in [9.17, 15) is 0 Å². The van der Waals surface area contributed by atoms with Crippen LogP contribution in [0.3, 0.4) is 0 Å². The van der Waals surface area contributed by atoms with Gasteiger partial charge >= 0.3 is 0 Å². The normalized spacial score (nSPS) is 14.3. The van der Waals surface area contributed by atoms with Crippen molar-refractivity contribution in [1.29, 1.82) is 0 Å². The van der Waals surface area contributed by atoms with Crippen LogP contribution >= 0.6 is 0 Å². The average molecular weight is 257 g/mol. The van der Waals surface area contributed by atoms with Gasteiger partial charge in [-0.15, -0.1) is 0 Å². The predicted octanol–water partition coefficient (Wildman–Crippen LogP) is 2.45. The number of hydrogen-bond acceptors (Lipinski definition) is 4. The van der Waals surface area contributed by atoms with Crippen molar-refractivity contribution < 1.29 is 0 Å². The summed E-state index contributed by atoms with van der Waals surface area (Å²) in [5, 5.41) is 7.78. The fraction of sp³-hybridized carbons (Fsp3) is 0.500. The fourth-order valence-corrected chi connectivity index (χ4v) is 2.67. The predicted molar refractivity (Wildman–Crippen MR) is 74.6 cm³/mol. The van der Waals surface area contributed by atoms with Gasteiger partial charge in [0.25, 0.3) is 0 Å². The van der Waals surface area contributed by atoms with Gasteiger partial charge in [-0.05, 0) is 39.5 Å². The lowest BCUT2D eigenvalue weighted by Crippen LogP contribution is -2.12. The third kappa shape index (κ3) is 2.32. The monoisotopic (exact) mass is 257 g/mol. The van der Waals surface area contributed by atoms with Crippen molar-refractivity contribution >= 4 is 11.5 Å². The molecule has 1 aliphatic carbocycles. The molecule has 0 atom stereocenters. The molecule has 5 heteroatoms. The Morgan fingerprint density at radius 1 is 1.16 bits per heavy atom. The number of nitrogens with zero attached hydrogens (tertiary/aromatic N) is 4. The highest BCUT2D eigenvalue weighted by atomic mass is 15.3. The molecule has 1 aliphatic rings. The lowest BCUT2D eigenvalue weighted by Gasteiger charge is -2.19. The van der Waals surface area contributed by atoms with Crippen LogP contribution in [0.5, 0.6) is 0 Å². The summed E-state index contributed by atoms with van der Waals surface area (Å²) < 4.78 is 1.82. The summed E-state index contributed by atoms with van der Waals surface area (Å²) in [6, 6.07) is 0. The standard InChI is InChI=1S/C14H19N5/c1-9-13(8-19(3)18-9)17-14-11-6-4-5-7-12(11)15-10(2)16-14/h8H,4-7H2,1-3H3,(H,15,16,17). The molecule has 0 amide bonds. The Bertz CT molecular complexity index is 615. The molecule has 0 saturated heterocycles. The van der Waals surface area contributed by atoms with E-state index >= 15 is 0 Å². The van der Waals surface area contributed by atoms with Crippen molar-refractivity contribution in [3.63, 3.8) is 0 Å². The van der Waals surface area contributed by atoms with Crippen LogP contribution in [0.4, 0.5) is 11.5 Å². The van der Waals surface area contributed by atoms with E-state index in [4.69, 9.17) is 0 Å². The summed E-state index contributed by atoms with van der Waals surface area (Å²) in [5.74, 6) is 1.79. The SMILES string of the molecule is Cc1nc2c(c(Nc3cn(C)nc3C)n1)CCCC2. The van der Waals surface area contributed by atoms with Crippen LogP contribution in [-0.4, -0.2) is 19.7 Å². The average Bonchev–Trinajstić information content (AvgIpc) is 2.67.